The highest BCUT2D eigenvalue weighted by atomic mass is 16.6. The van der Waals surface area contributed by atoms with Crippen LogP contribution >= 0.6 is 0 Å². The van der Waals surface area contributed by atoms with Gasteiger partial charge in [-0.05, 0) is 13.3 Å². The van der Waals surface area contributed by atoms with Gasteiger partial charge in [0.15, 0.2) is 0 Å². The lowest BCUT2D eigenvalue weighted by atomic mass is 10.0. The molecule has 112 valence electrons. The Bertz CT molecular complexity index is 586. The van der Waals surface area contributed by atoms with Gasteiger partial charge in [0.2, 0.25) is 5.91 Å². The van der Waals surface area contributed by atoms with E-state index in [1.54, 1.807) is 25.1 Å². The van der Waals surface area contributed by atoms with E-state index in [1.807, 2.05) is 0 Å². The first kappa shape index (κ1) is 15.0. The lowest BCUT2D eigenvalue weighted by molar-refractivity contribution is -0.385. The maximum absolute atomic E-state index is 12.0. The third-order valence-electron chi connectivity index (χ3n) is 3.73. The Kier molecular flexibility index (Phi) is 4.21. The topological polar surface area (TPSA) is 89.8 Å². The fourth-order valence-corrected chi connectivity index (χ4v) is 2.71. The number of carbonyl (C=O) groups is 2. The minimum atomic E-state index is -0.683. The second-order valence-corrected chi connectivity index (χ2v) is 4.87. The van der Waals surface area contributed by atoms with Crippen LogP contribution in [0.1, 0.15) is 31.4 Å². The fourth-order valence-electron chi connectivity index (χ4n) is 2.71. The smallest absolute Gasteiger partial charge is 0.328 e. The number of nitro groups is 1. The molecule has 0 saturated carbocycles. The molecular weight excluding hydrogens is 276 g/mol. The average Bonchev–Trinajstić information content (AvgIpc) is 2.87. The molecular formula is C14H16N2O5. The second kappa shape index (κ2) is 5.90. The summed E-state index contributed by atoms with van der Waals surface area (Å²) < 4.78 is 4.71. The number of esters is 1. The second-order valence-electron chi connectivity index (χ2n) is 4.87. The molecule has 1 heterocycles. The summed E-state index contributed by atoms with van der Waals surface area (Å²) in [6.45, 7) is 1.68. The molecule has 1 fully saturated rings. The number of rotatable bonds is 4. The quantitative estimate of drug-likeness (QED) is 0.479. The first-order valence-corrected chi connectivity index (χ1v) is 6.59. The summed E-state index contributed by atoms with van der Waals surface area (Å²) in [6.07, 6.45) is 0.612. The molecule has 1 aliphatic rings. The van der Waals surface area contributed by atoms with Crippen molar-refractivity contribution in [2.45, 2.75) is 31.8 Å². The number of carbonyl (C=O) groups excluding carboxylic acids is 2. The Balaban J connectivity index is 2.38. The van der Waals surface area contributed by atoms with E-state index >= 15 is 0 Å². The van der Waals surface area contributed by atoms with Crippen LogP contribution in [-0.2, 0) is 14.3 Å². The van der Waals surface area contributed by atoms with Crippen LogP contribution in [0.15, 0.2) is 24.3 Å². The van der Waals surface area contributed by atoms with E-state index in [-0.39, 0.29) is 18.0 Å². The van der Waals surface area contributed by atoms with Crippen molar-refractivity contribution >= 4 is 17.6 Å². The summed E-state index contributed by atoms with van der Waals surface area (Å²) in [4.78, 5) is 35.8. The van der Waals surface area contributed by atoms with Crippen molar-refractivity contribution in [3.63, 3.8) is 0 Å². The minimum absolute atomic E-state index is 0.0617. The van der Waals surface area contributed by atoms with Crippen molar-refractivity contribution in [2.24, 2.45) is 0 Å². The van der Waals surface area contributed by atoms with Gasteiger partial charge in [0.1, 0.15) is 6.04 Å². The number of hydrogen-bond acceptors (Lipinski definition) is 5. The van der Waals surface area contributed by atoms with Crippen LogP contribution in [0.3, 0.4) is 0 Å². The van der Waals surface area contributed by atoms with E-state index in [2.05, 4.69) is 0 Å². The number of benzene rings is 1. The van der Waals surface area contributed by atoms with Crippen molar-refractivity contribution in [1.29, 1.82) is 0 Å². The van der Waals surface area contributed by atoms with Crippen LogP contribution in [0.2, 0.25) is 0 Å². The van der Waals surface area contributed by atoms with Gasteiger partial charge in [0.25, 0.3) is 5.69 Å². The average molecular weight is 292 g/mol. The molecule has 0 aromatic heterocycles. The third kappa shape index (κ3) is 2.72. The Morgan fingerprint density at radius 1 is 1.48 bits per heavy atom. The molecule has 21 heavy (non-hydrogen) atoms. The molecule has 2 unspecified atom stereocenters. The number of nitro benzene ring substituents is 1. The van der Waals surface area contributed by atoms with Crippen molar-refractivity contribution in [1.82, 2.24) is 4.90 Å². The summed E-state index contributed by atoms with van der Waals surface area (Å²) in [6, 6.07) is 4.98. The van der Waals surface area contributed by atoms with Crippen LogP contribution in [0, 0.1) is 10.1 Å². The molecule has 0 bridgehead atoms. The molecule has 1 aromatic rings. The summed E-state index contributed by atoms with van der Waals surface area (Å²) in [5.41, 5.74) is 0.347. The van der Waals surface area contributed by atoms with Gasteiger partial charge in [0, 0.05) is 12.5 Å². The third-order valence-corrected chi connectivity index (χ3v) is 3.73. The van der Waals surface area contributed by atoms with Gasteiger partial charge in [-0.2, -0.15) is 0 Å². The van der Waals surface area contributed by atoms with Crippen LogP contribution in [0.25, 0.3) is 0 Å². The molecule has 7 nitrogen and oxygen atoms in total. The lowest BCUT2D eigenvalue weighted by Gasteiger charge is -2.29. The molecule has 0 N–H and O–H groups in total. The van der Waals surface area contributed by atoms with Gasteiger partial charge in [-0.15, -0.1) is 0 Å². The fraction of sp³-hybridized carbons (Fsp3) is 0.429. The maximum Gasteiger partial charge on any atom is 0.328 e. The molecule has 0 aliphatic carbocycles. The molecule has 2 atom stereocenters. The molecule has 7 heteroatoms. The summed E-state index contributed by atoms with van der Waals surface area (Å²) in [7, 11) is 1.26. The van der Waals surface area contributed by atoms with Crippen molar-refractivity contribution in [3.8, 4) is 0 Å². The van der Waals surface area contributed by atoms with Gasteiger partial charge in [-0.1, -0.05) is 18.2 Å². The Hall–Kier alpha value is -2.44. The first-order chi connectivity index (χ1) is 9.97. The molecule has 2 rings (SSSR count). The molecule has 1 aliphatic heterocycles. The molecule has 0 radical (unpaired) electrons. The Labute approximate surface area is 121 Å². The molecule has 1 aromatic carbocycles. The van der Waals surface area contributed by atoms with E-state index in [1.165, 1.54) is 18.1 Å². The standard InChI is InChI=1S/C14H16N2O5/c1-9(10-5-3-4-6-11(10)16(19)20)15-12(14(18)21-2)7-8-13(15)17/h3-6,9,12H,7-8H2,1-2H3. The van der Waals surface area contributed by atoms with Gasteiger partial charge in [0.05, 0.1) is 23.6 Å². The number of amides is 1. The van der Waals surface area contributed by atoms with Gasteiger partial charge < -0.3 is 9.64 Å². The number of methoxy groups -OCH3 is 1. The van der Waals surface area contributed by atoms with Crippen LogP contribution in [0.5, 0.6) is 0 Å². The highest BCUT2D eigenvalue weighted by Crippen LogP contribution is 2.34. The summed E-state index contributed by atoms with van der Waals surface area (Å²) >= 11 is 0. The van der Waals surface area contributed by atoms with Gasteiger partial charge in [-0.3, -0.25) is 14.9 Å². The normalized spacial score (nSPS) is 19.4. The summed E-state index contributed by atoms with van der Waals surface area (Å²) in [5, 5.41) is 11.1. The number of nitrogens with zero attached hydrogens (tertiary/aromatic N) is 2. The van der Waals surface area contributed by atoms with Crippen LogP contribution in [-0.4, -0.2) is 34.9 Å². The van der Waals surface area contributed by atoms with Gasteiger partial charge >= 0.3 is 5.97 Å². The molecule has 0 spiro atoms. The molecule has 1 saturated heterocycles. The van der Waals surface area contributed by atoms with E-state index in [9.17, 15) is 19.7 Å². The highest BCUT2D eigenvalue weighted by Gasteiger charge is 2.41. The Morgan fingerprint density at radius 2 is 2.14 bits per heavy atom. The van der Waals surface area contributed by atoms with Crippen molar-refractivity contribution in [3.05, 3.63) is 39.9 Å². The van der Waals surface area contributed by atoms with Crippen molar-refractivity contribution < 1.29 is 19.2 Å². The number of para-hydroxylation sites is 1. The Morgan fingerprint density at radius 3 is 2.76 bits per heavy atom. The van der Waals surface area contributed by atoms with Crippen LogP contribution < -0.4 is 0 Å². The highest BCUT2D eigenvalue weighted by molar-refractivity contribution is 5.88. The van der Waals surface area contributed by atoms with Crippen molar-refractivity contribution in [2.75, 3.05) is 7.11 Å². The number of likely N-dealkylation sites (tertiary alicyclic amines) is 1. The largest absolute Gasteiger partial charge is 0.467 e. The number of ether oxygens (including phenoxy) is 1. The predicted octanol–water partition coefficient (Wildman–Crippen LogP) is 1.82. The maximum atomic E-state index is 12.0. The monoisotopic (exact) mass is 292 g/mol. The number of hydrogen-bond donors (Lipinski definition) is 0. The predicted molar refractivity (Wildman–Crippen MR) is 73.4 cm³/mol. The summed E-state index contributed by atoms with van der Waals surface area (Å²) in [5.74, 6) is -0.692. The zero-order valence-electron chi connectivity index (χ0n) is 11.8. The first-order valence-electron chi connectivity index (χ1n) is 6.59. The van der Waals surface area contributed by atoms with Gasteiger partial charge in [-0.25, -0.2) is 4.79 Å². The zero-order valence-corrected chi connectivity index (χ0v) is 11.8. The van der Waals surface area contributed by atoms with E-state index in [4.69, 9.17) is 4.74 Å². The zero-order chi connectivity index (χ0) is 15.6. The van der Waals surface area contributed by atoms with E-state index < -0.39 is 23.0 Å². The van der Waals surface area contributed by atoms with E-state index in [0.29, 0.717) is 12.0 Å². The minimum Gasteiger partial charge on any atom is -0.467 e. The lowest BCUT2D eigenvalue weighted by Crippen LogP contribution is -2.41. The van der Waals surface area contributed by atoms with E-state index in [0.717, 1.165) is 0 Å². The van der Waals surface area contributed by atoms with Crippen LogP contribution in [0.4, 0.5) is 5.69 Å². The SMILES string of the molecule is COC(=O)C1CCC(=O)N1C(C)c1ccccc1[N+](=O)[O-]. The molecule has 1 amide bonds.